The number of halogens is 3. The molecule has 0 atom stereocenters. The zero-order chi connectivity index (χ0) is 13.4. The minimum atomic E-state index is -0.661. The third-order valence-corrected chi connectivity index (χ3v) is 4.07. The van der Waals surface area contributed by atoms with Gasteiger partial charge in [-0.2, -0.15) is 0 Å². The van der Waals surface area contributed by atoms with E-state index in [1.165, 1.54) is 24.2 Å². The Morgan fingerprint density at radius 1 is 1.26 bits per heavy atom. The first-order chi connectivity index (χ1) is 9.13. The van der Waals surface area contributed by atoms with Gasteiger partial charge in [0.2, 0.25) is 0 Å². The second-order valence-electron chi connectivity index (χ2n) is 4.40. The van der Waals surface area contributed by atoms with E-state index < -0.39 is 11.6 Å². The van der Waals surface area contributed by atoms with Gasteiger partial charge in [-0.15, -0.1) is 10.2 Å². The summed E-state index contributed by atoms with van der Waals surface area (Å²) in [4.78, 5) is 0. The lowest BCUT2D eigenvalue weighted by Crippen LogP contribution is -2.14. The monoisotopic (exact) mass is 301 g/mol. The second kappa shape index (κ2) is 5.11. The third-order valence-electron chi connectivity index (χ3n) is 2.83. The summed E-state index contributed by atoms with van der Waals surface area (Å²) in [5, 5.41) is 12.0. The minimum absolute atomic E-state index is 0.0945. The highest BCUT2D eigenvalue weighted by Gasteiger charge is 2.21. The summed E-state index contributed by atoms with van der Waals surface area (Å²) in [5.41, 5.74) is 0.0945. The van der Waals surface area contributed by atoms with Crippen LogP contribution in [0.5, 0.6) is 0 Å². The Bertz CT molecular complexity index is 613. The maximum atomic E-state index is 13.7. The lowest BCUT2D eigenvalue weighted by Gasteiger charge is -2.00. The first-order valence-electron chi connectivity index (χ1n) is 5.84. The first kappa shape index (κ1) is 12.9. The predicted molar refractivity (Wildman–Crippen MR) is 70.1 cm³/mol. The van der Waals surface area contributed by atoms with E-state index in [2.05, 4.69) is 15.5 Å². The molecule has 0 unspecified atom stereocenters. The highest BCUT2D eigenvalue weighted by Crippen LogP contribution is 2.30. The minimum Gasteiger partial charge on any atom is -0.308 e. The highest BCUT2D eigenvalue weighted by molar-refractivity contribution is 7.14. The lowest BCUT2D eigenvalue weighted by molar-refractivity contribution is 0.603. The molecule has 0 bridgehead atoms. The third kappa shape index (κ3) is 2.91. The highest BCUT2D eigenvalue weighted by atomic mass is 35.5. The molecule has 0 amide bonds. The standard InChI is InChI=1S/C12H10ClF2N3S/c13-8-4-9(14)7(3-10(8)15)12-18-17-11(19-12)5-16-6-1-2-6/h3-4,6,16H,1-2,5H2. The number of hydrogen-bond donors (Lipinski definition) is 1. The van der Waals surface area contributed by atoms with Crippen LogP contribution in [-0.2, 0) is 6.54 Å². The molecule has 7 heteroatoms. The van der Waals surface area contributed by atoms with Crippen molar-refractivity contribution in [3.8, 4) is 10.6 Å². The van der Waals surface area contributed by atoms with Crippen LogP contribution in [0, 0.1) is 11.6 Å². The molecule has 3 nitrogen and oxygen atoms in total. The maximum Gasteiger partial charge on any atom is 0.150 e. The quantitative estimate of drug-likeness (QED) is 0.880. The number of hydrogen-bond acceptors (Lipinski definition) is 4. The molecule has 1 heterocycles. The fourth-order valence-electron chi connectivity index (χ4n) is 1.64. The van der Waals surface area contributed by atoms with E-state index in [-0.39, 0.29) is 10.6 Å². The van der Waals surface area contributed by atoms with Gasteiger partial charge in [0.15, 0.2) is 5.01 Å². The van der Waals surface area contributed by atoms with Gasteiger partial charge >= 0.3 is 0 Å². The van der Waals surface area contributed by atoms with Crippen LogP contribution in [0.3, 0.4) is 0 Å². The van der Waals surface area contributed by atoms with Crippen LogP contribution in [0.2, 0.25) is 5.02 Å². The Hall–Kier alpha value is -1.11. The van der Waals surface area contributed by atoms with Gasteiger partial charge in [-0.1, -0.05) is 22.9 Å². The molecule has 2 aromatic rings. The average Bonchev–Trinajstić information content (AvgIpc) is 3.09. The first-order valence-corrected chi connectivity index (χ1v) is 7.03. The van der Waals surface area contributed by atoms with Gasteiger partial charge in [-0.25, -0.2) is 8.78 Å². The van der Waals surface area contributed by atoms with E-state index in [1.807, 2.05) is 0 Å². The van der Waals surface area contributed by atoms with E-state index in [0.717, 1.165) is 17.1 Å². The molecule has 1 saturated carbocycles. The lowest BCUT2D eigenvalue weighted by atomic mass is 10.2. The molecule has 1 aliphatic carbocycles. The number of nitrogens with zero attached hydrogens (tertiary/aromatic N) is 2. The van der Waals surface area contributed by atoms with E-state index in [4.69, 9.17) is 11.6 Å². The van der Waals surface area contributed by atoms with Gasteiger partial charge < -0.3 is 5.32 Å². The number of rotatable bonds is 4. The van der Waals surface area contributed by atoms with Crippen molar-refractivity contribution < 1.29 is 8.78 Å². The van der Waals surface area contributed by atoms with Crippen molar-refractivity contribution in [1.29, 1.82) is 0 Å². The molecule has 100 valence electrons. The smallest absolute Gasteiger partial charge is 0.150 e. The van der Waals surface area contributed by atoms with Crippen molar-refractivity contribution in [2.45, 2.75) is 25.4 Å². The molecule has 3 rings (SSSR count). The van der Waals surface area contributed by atoms with Crippen LogP contribution in [0.15, 0.2) is 12.1 Å². The average molecular weight is 302 g/mol. The second-order valence-corrected chi connectivity index (χ2v) is 5.87. The summed E-state index contributed by atoms with van der Waals surface area (Å²) in [6, 6.07) is 2.57. The normalized spacial score (nSPS) is 14.9. The molecule has 1 aromatic carbocycles. The number of benzene rings is 1. The fraction of sp³-hybridized carbons (Fsp3) is 0.333. The summed E-state index contributed by atoms with van der Waals surface area (Å²) in [6.07, 6.45) is 2.37. The summed E-state index contributed by atoms with van der Waals surface area (Å²) < 4.78 is 27.1. The Balaban J connectivity index is 1.83. The van der Waals surface area contributed by atoms with Crippen LogP contribution in [-0.4, -0.2) is 16.2 Å². The zero-order valence-electron chi connectivity index (χ0n) is 9.79. The fourth-order valence-corrected chi connectivity index (χ4v) is 2.60. The van der Waals surface area contributed by atoms with Crippen molar-refractivity contribution in [3.05, 3.63) is 33.8 Å². The van der Waals surface area contributed by atoms with Crippen molar-refractivity contribution in [2.75, 3.05) is 0 Å². The molecule has 1 aromatic heterocycles. The number of aromatic nitrogens is 2. The summed E-state index contributed by atoms with van der Waals surface area (Å²) >= 11 is 6.76. The van der Waals surface area contributed by atoms with Gasteiger partial charge in [0, 0.05) is 12.6 Å². The van der Waals surface area contributed by atoms with Crippen molar-refractivity contribution in [1.82, 2.24) is 15.5 Å². The van der Waals surface area contributed by atoms with Crippen molar-refractivity contribution in [2.24, 2.45) is 0 Å². The largest absolute Gasteiger partial charge is 0.308 e. The van der Waals surface area contributed by atoms with Crippen LogP contribution in [0.1, 0.15) is 17.8 Å². The van der Waals surface area contributed by atoms with Gasteiger partial charge in [-0.3, -0.25) is 0 Å². The molecular formula is C12H10ClF2N3S. The molecule has 1 fully saturated rings. The number of nitrogens with one attached hydrogen (secondary N) is 1. The Morgan fingerprint density at radius 3 is 2.79 bits per heavy atom. The van der Waals surface area contributed by atoms with Crippen LogP contribution in [0.25, 0.3) is 10.6 Å². The molecule has 0 spiro atoms. The molecule has 0 radical (unpaired) electrons. The van der Waals surface area contributed by atoms with E-state index in [1.54, 1.807) is 0 Å². The van der Waals surface area contributed by atoms with Crippen LogP contribution < -0.4 is 5.32 Å². The van der Waals surface area contributed by atoms with Crippen molar-refractivity contribution >= 4 is 22.9 Å². The van der Waals surface area contributed by atoms with E-state index in [0.29, 0.717) is 17.6 Å². The maximum absolute atomic E-state index is 13.7. The van der Waals surface area contributed by atoms with E-state index in [9.17, 15) is 8.78 Å². The molecule has 1 N–H and O–H groups in total. The van der Waals surface area contributed by atoms with Crippen molar-refractivity contribution in [3.63, 3.8) is 0 Å². The van der Waals surface area contributed by atoms with Gasteiger partial charge in [-0.05, 0) is 25.0 Å². The van der Waals surface area contributed by atoms with E-state index >= 15 is 0 Å². The summed E-state index contributed by atoms with van der Waals surface area (Å²) in [6.45, 7) is 0.611. The van der Waals surface area contributed by atoms with Gasteiger partial charge in [0.25, 0.3) is 0 Å². The molecular weight excluding hydrogens is 292 g/mol. The summed E-state index contributed by atoms with van der Waals surface area (Å²) in [5.74, 6) is -1.25. The van der Waals surface area contributed by atoms with Crippen LogP contribution in [0.4, 0.5) is 8.78 Å². The SMILES string of the molecule is Fc1cc(-c2nnc(CNC3CC3)s2)c(F)cc1Cl. The summed E-state index contributed by atoms with van der Waals surface area (Å²) in [7, 11) is 0. The topological polar surface area (TPSA) is 37.8 Å². The van der Waals surface area contributed by atoms with Gasteiger partial charge in [0.1, 0.15) is 16.6 Å². The Kier molecular flexibility index (Phi) is 3.47. The molecule has 19 heavy (non-hydrogen) atoms. The Labute approximate surface area is 117 Å². The predicted octanol–water partition coefficient (Wildman–Crippen LogP) is 3.39. The molecule has 0 aliphatic heterocycles. The molecule has 0 saturated heterocycles. The van der Waals surface area contributed by atoms with Crippen LogP contribution >= 0.6 is 22.9 Å². The molecule has 1 aliphatic rings. The van der Waals surface area contributed by atoms with Gasteiger partial charge in [0.05, 0.1) is 10.6 Å². The Morgan fingerprint density at radius 2 is 2.05 bits per heavy atom. The zero-order valence-corrected chi connectivity index (χ0v) is 11.4.